The number of imidazole rings is 1. The molecule has 2 heterocycles. The first-order valence-corrected chi connectivity index (χ1v) is 6.61. The van der Waals surface area contributed by atoms with Crippen molar-refractivity contribution >= 4 is 0 Å². The van der Waals surface area contributed by atoms with E-state index in [1.807, 2.05) is 6.20 Å². The average molecular weight is 221 g/mol. The Balaban J connectivity index is 1.93. The molecule has 0 aromatic carbocycles. The van der Waals surface area contributed by atoms with Crippen LogP contribution in [-0.2, 0) is 13.0 Å². The van der Waals surface area contributed by atoms with Crippen LogP contribution in [0.15, 0.2) is 12.4 Å². The van der Waals surface area contributed by atoms with Gasteiger partial charge in [-0.15, -0.1) is 0 Å². The smallest absolute Gasteiger partial charge is 0.108 e. The predicted molar refractivity (Wildman–Crippen MR) is 66.4 cm³/mol. The molecule has 1 atom stereocenters. The fourth-order valence-electron chi connectivity index (χ4n) is 2.53. The molecule has 0 bridgehead atoms. The van der Waals surface area contributed by atoms with Crippen LogP contribution in [-0.4, -0.2) is 22.6 Å². The van der Waals surface area contributed by atoms with Crippen molar-refractivity contribution in [1.82, 2.24) is 14.9 Å². The SMILES string of the molecule is CCCn1ccnc1CC1CCCNCC1. The van der Waals surface area contributed by atoms with Gasteiger partial charge in [0.2, 0.25) is 0 Å². The van der Waals surface area contributed by atoms with Crippen molar-refractivity contribution in [2.75, 3.05) is 13.1 Å². The monoisotopic (exact) mass is 221 g/mol. The molecule has 1 N–H and O–H groups in total. The summed E-state index contributed by atoms with van der Waals surface area (Å²) in [7, 11) is 0. The summed E-state index contributed by atoms with van der Waals surface area (Å²) in [6.07, 6.45) is 10.4. The highest BCUT2D eigenvalue weighted by Crippen LogP contribution is 2.18. The first kappa shape index (κ1) is 11.6. The molecule has 0 saturated carbocycles. The van der Waals surface area contributed by atoms with Gasteiger partial charge in [0.05, 0.1) is 0 Å². The molecule has 1 saturated heterocycles. The van der Waals surface area contributed by atoms with Crippen molar-refractivity contribution in [2.45, 2.75) is 45.6 Å². The largest absolute Gasteiger partial charge is 0.335 e. The van der Waals surface area contributed by atoms with Gasteiger partial charge in [0.15, 0.2) is 0 Å². The Morgan fingerprint density at radius 1 is 1.44 bits per heavy atom. The lowest BCUT2D eigenvalue weighted by Crippen LogP contribution is -2.15. The summed E-state index contributed by atoms with van der Waals surface area (Å²) in [5, 5.41) is 3.47. The van der Waals surface area contributed by atoms with Crippen LogP contribution >= 0.6 is 0 Å². The average Bonchev–Trinajstić information content (AvgIpc) is 2.56. The van der Waals surface area contributed by atoms with Crippen molar-refractivity contribution < 1.29 is 0 Å². The minimum atomic E-state index is 0.827. The molecule has 3 nitrogen and oxygen atoms in total. The minimum Gasteiger partial charge on any atom is -0.335 e. The van der Waals surface area contributed by atoms with Crippen molar-refractivity contribution in [3.8, 4) is 0 Å². The molecule has 0 radical (unpaired) electrons. The van der Waals surface area contributed by atoms with Gasteiger partial charge in [0, 0.05) is 25.4 Å². The maximum atomic E-state index is 4.50. The molecule has 3 heteroatoms. The van der Waals surface area contributed by atoms with Gasteiger partial charge >= 0.3 is 0 Å². The molecule has 1 unspecified atom stereocenters. The number of nitrogens with one attached hydrogen (secondary N) is 1. The molecule has 1 aliphatic heterocycles. The van der Waals surface area contributed by atoms with Crippen LogP contribution in [0.1, 0.15) is 38.4 Å². The minimum absolute atomic E-state index is 0.827. The van der Waals surface area contributed by atoms with Crippen LogP contribution in [0.4, 0.5) is 0 Å². The van der Waals surface area contributed by atoms with Crippen LogP contribution in [0.25, 0.3) is 0 Å². The highest BCUT2D eigenvalue weighted by Gasteiger charge is 2.14. The lowest BCUT2D eigenvalue weighted by atomic mass is 9.96. The Bertz CT molecular complexity index is 298. The molecule has 1 aliphatic rings. The second-order valence-corrected chi connectivity index (χ2v) is 4.79. The van der Waals surface area contributed by atoms with E-state index in [-0.39, 0.29) is 0 Å². The normalized spacial score (nSPS) is 21.9. The van der Waals surface area contributed by atoms with Gasteiger partial charge < -0.3 is 9.88 Å². The number of rotatable bonds is 4. The lowest BCUT2D eigenvalue weighted by Gasteiger charge is -2.14. The summed E-state index contributed by atoms with van der Waals surface area (Å²) in [4.78, 5) is 4.50. The quantitative estimate of drug-likeness (QED) is 0.845. The highest BCUT2D eigenvalue weighted by molar-refractivity contribution is 4.94. The van der Waals surface area contributed by atoms with E-state index in [0.29, 0.717) is 0 Å². The zero-order chi connectivity index (χ0) is 11.2. The molecule has 1 aromatic heterocycles. The fourth-order valence-corrected chi connectivity index (χ4v) is 2.53. The summed E-state index contributed by atoms with van der Waals surface area (Å²) in [6, 6.07) is 0. The van der Waals surface area contributed by atoms with Crippen LogP contribution in [0.5, 0.6) is 0 Å². The number of nitrogens with zero attached hydrogens (tertiary/aromatic N) is 2. The molecule has 90 valence electrons. The van der Waals surface area contributed by atoms with Crippen molar-refractivity contribution in [2.24, 2.45) is 5.92 Å². The Hall–Kier alpha value is -0.830. The second-order valence-electron chi connectivity index (χ2n) is 4.79. The van der Waals surface area contributed by atoms with Crippen molar-refractivity contribution in [3.05, 3.63) is 18.2 Å². The Labute approximate surface area is 98.3 Å². The van der Waals surface area contributed by atoms with Gasteiger partial charge in [-0.25, -0.2) is 4.98 Å². The molecule has 1 fully saturated rings. The fraction of sp³-hybridized carbons (Fsp3) is 0.769. The standard InChI is InChI=1S/C13H23N3/c1-2-9-16-10-8-15-13(16)11-12-4-3-6-14-7-5-12/h8,10,12,14H,2-7,9,11H2,1H3. The third kappa shape index (κ3) is 3.08. The molecular weight excluding hydrogens is 198 g/mol. The summed E-state index contributed by atoms with van der Waals surface area (Å²) in [6.45, 7) is 5.71. The molecule has 0 amide bonds. The molecule has 16 heavy (non-hydrogen) atoms. The summed E-state index contributed by atoms with van der Waals surface area (Å²) >= 11 is 0. The van der Waals surface area contributed by atoms with Crippen molar-refractivity contribution in [1.29, 1.82) is 0 Å². The zero-order valence-electron chi connectivity index (χ0n) is 10.3. The first-order valence-electron chi connectivity index (χ1n) is 6.61. The number of aryl methyl sites for hydroxylation is 1. The van der Waals surface area contributed by atoms with E-state index in [2.05, 4.69) is 28.0 Å². The van der Waals surface area contributed by atoms with E-state index in [1.54, 1.807) is 0 Å². The molecule has 0 aliphatic carbocycles. The first-order chi connectivity index (χ1) is 7.90. The van der Waals surface area contributed by atoms with Gasteiger partial charge in [0.25, 0.3) is 0 Å². The van der Waals surface area contributed by atoms with E-state index in [4.69, 9.17) is 0 Å². The molecular formula is C13H23N3. The van der Waals surface area contributed by atoms with Gasteiger partial charge in [-0.2, -0.15) is 0 Å². The molecule has 2 rings (SSSR count). The van der Waals surface area contributed by atoms with Gasteiger partial charge in [-0.1, -0.05) is 6.92 Å². The Morgan fingerprint density at radius 3 is 3.25 bits per heavy atom. The van der Waals surface area contributed by atoms with Gasteiger partial charge in [-0.05, 0) is 44.7 Å². The number of aromatic nitrogens is 2. The maximum Gasteiger partial charge on any atom is 0.108 e. The zero-order valence-corrected chi connectivity index (χ0v) is 10.3. The summed E-state index contributed by atoms with van der Waals surface area (Å²) < 4.78 is 2.32. The summed E-state index contributed by atoms with van der Waals surface area (Å²) in [5.41, 5.74) is 0. The lowest BCUT2D eigenvalue weighted by molar-refractivity contribution is 0.447. The number of hydrogen-bond donors (Lipinski definition) is 1. The summed E-state index contributed by atoms with van der Waals surface area (Å²) in [5.74, 6) is 2.11. The number of hydrogen-bond acceptors (Lipinski definition) is 2. The maximum absolute atomic E-state index is 4.50. The highest BCUT2D eigenvalue weighted by atomic mass is 15.1. The molecule has 0 spiro atoms. The van der Waals surface area contributed by atoms with Gasteiger partial charge in [-0.3, -0.25) is 0 Å². The van der Waals surface area contributed by atoms with E-state index < -0.39 is 0 Å². The van der Waals surface area contributed by atoms with E-state index in [0.717, 1.165) is 18.9 Å². The van der Waals surface area contributed by atoms with Gasteiger partial charge in [0.1, 0.15) is 5.82 Å². The van der Waals surface area contributed by atoms with Crippen LogP contribution in [0, 0.1) is 5.92 Å². The van der Waals surface area contributed by atoms with Crippen LogP contribution in [0.3, 0.4) is 0 Å². The topological polar surface area (TPSA) is 29.9 Å². The predicted octanol–water partition coefficient (Wildman–Crippen LogP) is 2.23. The van der Waals surface area contributed by atoms with E-state index >= 15 is 0 Å². The Kier molecular flexibility index (Phi) is 4.40. The second kappa shape index (κ2) is 6.04. The van der Waals surface area contributed by atoms with E-state index in [1.165, 1.54) is 44.6 Å². The molecule has 1 aromatic rings. The van der Waals surface area contributed by atoms with Crippen LogP contribution < -0.4 is 5.32 Å². The third-order valence-corrected chi connectivity index (χ3v) is 3.43. The van der Waals surface area contributed by atoms with E-state index in [9.17, 15) is 0 Å². The Morgan fingerprint density at radius 2 is 2.38 bits per heavy atom. The van der Waals surface area contributed by atoms with Crippen LogP contribution in [0.2, 0.25) is 0 Å². The van der Waals surface area contributed by atoms with Crippen molar-refractivity contribution in [3.63, 3.8) is 0 Å². The third-order valence-electron chi connectivity index (χ3n) is 3.43.